The van der Waals surface area contributed by atoms with Crippen LogP contribution in [0.25, 0.3) is 0 Å². The van der Waals surface area contributed by atoms with E-state index >= 15 is 0 Å². The lowest BCUT2D eigenvalue weighted by atomic mass is 10.2. The molecule has 2 aromatic carbocycles. The number of carbonyl (C=O) groups excluding carboxylic acids is 2. The van der Waals surface area contributed by atoms with Crippen molar-refractivity contribution in [3.8, 4) is 5.75 Å². The van der Waals surface area contributed by atoms with Crippen LogP contribution in [0.1, 0.15) is 18.1 Å². The fraction of sp³-hybridized carbons (Fsp3) is 0.263. The topological polar surface area (TPSA) is 64.6 Å². The molecule has 5 nitrogen and oxygen atoms in total. The average Bonchev–Trinajstić information content (AvgIpc) is 2.52. The van der Waals surface area contributed by atoms with Crippen molar-refractivity contribution in [1.29, 1.82) is 0 Å². The molecule has 0 aromatic heterocycles. The summed E-state index contributed by atoms with van der Waals surface area (Å²) in [6.07, 6.45) is -0.793. The number of aryl methyl sites for hydroxylation is 2. The highest BCUT2D eigenvalue weighted by molar-refractivity contribution is 5.93. The molecule has 1 N–H and O–H groups in total. The molecule has 5 heteroatoms. The number of amides is 1. The Labute approximate surface area is 141 Å². The molecular formula is C19H21NO4. The molecule has 0 saturated heterocycles. The van der Waals surface area contributed by atoms with Gasteiger partial charge in [-0.15, -0.1) is 0 Å². The van der Waals surface area contributed by atoms with E-state index in [0.29, 0.717) is 11.4 Å². The Kier molecular flexibility index (Phi) is 5.95. The van der Waals surface area contributed by atoms with Crippen LogP contribution in [-0.2, 0) is 14.3 Å². The van der Waals surface area contributed by atoms with E-state index < -0.39 is 18.0 Å². The minimum atomic E-state index is -0.793. The van der Waals surface area contributed by atoms with Crippen molar-refractivity contribution < 1.29 is 19.1 Å². The van der Waals surface area contributed by atoms with E-state index in [9.17, 15) is 9.59 Å². The molecule has 0 unspecified atom stereocenters. The fourth-order valence-electron chi connectivity index (χ4n) is 2.11. The summed E-state index contributed by atoms with van der Waals surface area (Å²) < 4.78 is 10.5. The normalized spacial score (nSPS) is 11.5. The monoisotopic (exact) mass is 327 g/mol. The second kappa shape index (κ2) is 8.15. The fourth-order valence-corrected chi connectivity index (χ4v) is 2.11. The smallest absolute Gasteiger partial charge is 0.347 e. The van der Waals surface area contributed by atoms with E-state index in [0.717, 1.165) is 11.1 Å². The number of ether oxygens (including phenoxy) is 2. The molecule has 2 rings (SSSR count). The predicted octanol–water partition coefficient (Wildman–Crippen LogP) is 3.25. The summed E-state index contributed by atoms with van der Waals surface area (Å²) in [5.74, 6) is -0.392. The molecule has 0 saturated carbocycles. The van der Waals surface area contributed by atoms with E-state index in [1.54, 1.807) is 19.1 Å². The second-order valence-electron chi connectivity index (χ2n) is 5.60. The Morgan fingerprint density at radius 2 is 1.71 bits per heavy atom. The Balaban J connectivity index is 1.80. The number of anilines is 1. The molecule has 24 heavy (non-hydrogen) atoms. The van der Waals surface area contributed by atoms with E-state index in [-0.39, 0.29) is 6.61 Å². The summed E-state index contributed by atoms with van der Waals surface area (Å²) in [4.78, 5) is 23.7. The van der Waals surface area contributed by atoms with E-state index in [1.165, 1.54) is 0 Å². The maximum atomic E-state index is 11.9. The van der Waals surface area contributed by atoms with Crippen LogP contribution < -0.4 is 10.1 Å². The van der Waals surface area contributed by atoms with Crippen molar-refractivity contribution >= 4 is 17.6 Å². The van der Waals surface area contributed by atoms with Gasteiger partial charge >= 0.3 is 5.97 Å². The lowest BCUT2D eigenvalue weighted by Gasteiger charge is -2.14. The summed E-state index contributed by atoms with van der Waals surface area (Å²) in [6.45, 7) is 5.10. The maximum absolute atomic E-state index is 11.9. The summed E-state index contributed by atoms with van der Waals surface area (Å²) in [7, 11) is 0. The van der Waals surface area contributed by atoms with Crippen molar-refractivity contribution in [2.75, 3.05) is 11.9 Å². The lowest BCUT2D eigenvalue weighted by molar-refractivity contribution is -0.153. The van der Waals surface area contributed by atoms with Crippen molar-refractivity contribution in [3.05, 3.63) is 59.7 Å². The van der Waals surface area contributed by atoms with Crippen LogP contribution in [0.3, 0.4) is 0 Å². The van der Waals surface area contributed by atoms with Crippen molar-refractivity contribution in [3.63, 3.8) is 0 Å². The van der Waals surface area contributed by atoms with Gasteiger partial charge in [-0.1, -0.05) is 24.3 Å². The van der Waals surface area contributed by atoms with Crippen LogP contribution >= 0.6 is 0 Å². The summed E-state index contributed by atoms with van der Waals surface area (Å²) >= 11 is 0. The van der Waals surface area contributed by atoms with Crippen molar-refractivity contribution in [2.24, 2.45) is 0 Å². The SMILES string of the molecule is Cc1cccc(NC(=O)COC(=O)[C@@H](C)Oc2cccc(C)c2)c1. The number of nitrogens with one attached hydrogen (secondary N) is 1. The first-order chi connectivity index (χ1) is 11.4. The van der Waals surface area contributed by atoms with Crippen LogP contribution in [-0.4, -0.2) is 24.6 Å². The Morgan fingerprint density at radius 1 is 1.04 bits per heavy atom. The van der Waals surface area contributed by atoms with Gasteiger partial charge in [0.2, 0.25) is 0 Å². The molecule has 1 amide bonds. The minimum Gasteiger partial charge on any atom is -0.479 e. The molecule has 1 atom stereocenters. The molecule has 0 heterocycles. The van der Waals surface area contributed by atoms with Crippen LogP contribution in [0, 0.1) is 13.8 Å². The van der Waals surface area contributed by atoms with Crippen molar-refractivity contribution in [1.82, 2.24) is 0 Å². The van der Waals surface area contributed by atoms with Gasteiger partial charge in [-0.05, 0) is 56.2 Å². The standard InChI is InChI=1S/C19H21NO4/c1-13-6-4-8-16(10-13)20-18(21)12-23-19(22)15(3)24-17-9-5-7-14(2)11-17/h4-11,15H,12H2,1-3H3,(H,20,21)/t15-/m1/s1. The Bertz CT molecular complexity index is 727. The number of benzene rings is 2. The molecule has 0 aliphatic heterocycles. The zero-order valence-corrected chi connectivity index (χ0v) is 14.0. The zero-order valence-electron chi connectivity index (χ0n) is 14.0. The summed E-state index contributed by atoms with van der Waals surface area (Å²) in [5.41, 5.74) is 2.73. The highest BCUT2D eigenvalue weighted by Gasteiger charge is 2.18. The van der Waals surface area contributed by atoms with Crippen LogP contribution in [0.5, 0.6) is 5.75 Å². The lowest BCUT2D eigenvalue weighted by Crippen LogP contribution is -2.29. The molecule has 0 spiro atoms. The number of hydrogen-bond donors (Lipinski definition) is 1. The van der Waals surface area contributed by atoms with Gasteiger partial charge in [0.05, 0.1) is 0 Å². The van der Waals surface area contributed by atoms with E-state index in [2.05, 4.69) is 5.32 Å². The Morgan fingerprint density at radius 3 is 2.38 bits per heavy atom. The molecular weight excluding hydrogens is 306 g/mol. The van der Waals surface area contributed by atoms with Gasteiger partial charge in [0.25, 0.3) is 5.91 Å². The largest absolute Gasteiger partial charge is 0.479 e. The third kappa shape index (κ3) is 5.43. The predicted molar refractivity (Wildman–Crippen MR) is 92.0 cm³/mol. The quantitative estimate of drug-likeness (QED) is 0.827. The molecule has 2 aromatic rings. The van der Waals surface area contributed by atoms with Gasteiger partial charge in [0.15, 0.2) is 12.7 Å². The van der Waals surface area contributed by atoms with Gasteiger partial charge in [0, 0.05) is 5.69 Å². The van der Waals surface area contributed by atoms with Gasteiger partial charge in [0.1, 0.15) is 5.75 Å². The van der Waals surface area contributed by atoms with Crippen LogP contribution in [0.15, 0.2) is 48.5 Å². The Hall–Kier alpha value is -2.82. The summed E-state index contributed by atoms with van der Waals surface area (Å²) in [5, 5.41) is 2.68. The first-order valence-electron chi connectivity index (χ1n) is 7.70. The molecule has 0 aliphatic rings. The third-order valence-electron chi connectivity index (χ3n) is 3.28. The maximum Gasteiger partial charge on any atom is 0.347 e. The third-order valence-corrected chi connectivity index (χ3v) is 3.28. The number of esters is 1. The highest BCUT2D eigenvalue weighted by Crippen LogP contribution is 2.14. The molecule has 0 fully saturated rings. The van der Waals surface area contributed by atoms with Gasteiger partial charge < -0.3 is 14.8 Å². The first kappa shape index (κ1) is 17.5. The zero-order chi connectivity index (χ0) is 17.5. The molecule has 0 bridgehead atoms. The van der Waals surface area contributed by atoms with Crippen LogP contribution in [0.4, 0.5) is 5.69 Å². The van der Waals surface area contributed by atoms with Crippen molar-refractivity contribution in [2.45, 2.75) is 26.9 Å². The molecule has 126 valence electrons. The van der Waals surface area contributed by atoms with Gasteiger partial charge in [-0.2, -0.15) is 0 Å². The summed E-state index contributed by atoms with van der Waals surface area (Å²) in [6, 6.07) is 14.8. The van der Waals surface area contributed by atoms with E-state index in [1.807, 2.05) is 50.2 Å². The number of rotatable bonds is 6. The van der Waals surface area contributed by atoms with Gasteiger partial charge in [-0.25, -0.2) is 4.79 Å². The molecule has 0 radical (unpaired) electrons. The van der Waals surface area contributed by atoms with Gasteiger partial charge in [-0.3, -0.25) is 4.79 Å². The number of hydrogen-bond acceptors (Lipinski definition) is 4. The molecule has 0 aliphatic carbocycles. The highest BCUT2D eigenvalue weighted by atomic mass is 16.6. The van der Waals surface area contributed by atoms with E-state index in [4.69, 9.17) is 9.47 Å². The second-order valence-corrected chi connectivity index (χ2v) is 5.60. The van der Waals surface area contributed by atoms with Crippen LogP contribution in [0.2, 0.25) is 0 Å². The number of carbonyl (C=O) groups is 2. The first-order valence-corrected chi connectivity index (χ1v) is 7.70. The minimum absolute atomic E-state index is 0.353. The average molecular weight is 327 g/mol.